The molecule has 1 aliphatic carbocycles. The minimum atomic E-state index is -3.77. The van der Waals surface area contributed by atoms with E-state index < -0.39 is 45.1 Å². The lowest BCUT2D eigenvalue weighted by Crippen LogP contribution is -2.57. The molecule has 5 atom stereocenters. The van der Waals surface area contributed by atoms with Gasteiger partial charge in [-0.25, -0.2) is 18.0 Å². The summed E-state index contributed by atoms with van der Waals surface area (Å²) in [6, 6.07) is 6.46. The van der Waals surface area contributed by atoms with Crippen LogP contribution in [0, 0.1) is 11.3 Å². The van der Waals surface area contributed by atoms with Crippen LogP contribution in [0.25, 0.3) is 0 Å². The first-order valence-electron chi connectivity index (χ1n) is 16.1. The molecule has 1 saturated carbocycles. The number of likely N-dealkylation sites (tertiary alicyclic amines) is 1. The molecule has 2 fully saturated rings. The molecule has 12 nitrogen and oxygen atoms in total. The number of benzene rings is 1. The summed E-state index contributed by atoms with van der Waals surface area (Å²) in [5.41, 5.74) is -1.68. The quantitative estimate of drug-likeness (QED) is 0.113. The Morgan fingerprint density at radius 1 is 1.13 bits per heavy atom. The van der Waals surface area contributed by atoms with Crippen molar-refractivity contribution in [3.63, 3.8) is 0 Å². The number of nitrogens with one attached hydrogen (secondary N) is 3. The van der Waals surface area contributed by atoms with Crippen molar-refractivity contribution < 1.29 is 32.7 Å². The molecule has 0 bridgehead atoms. The molecular weight excluding hydrogens is 610 g/mol. The number of rotatable bonds is 17. The highest BCUT2D eigenvalue weighted by atomic mass is 32.2. The van der Waals surface area contributed by atoms with Crippen molar-refractivity contribution in [1.82, 2.24) is 25.2 Å². The Balaban J connectivity index is 1.58. The van der Waals surface area contributed by atoms with Crippen molar-refractivity contribution in [2.24, 2.45) is 11.3 Å². The zero-order valence-corrected chi connectivity index (χ0v) is 28.5. The lowest BCUT2D eigenvalue weighted by molar-refractivity contribution is -0.142. The molecule has 1 saturated heterocycles. The van der Waals surface area contributed by atoms with E-state index in [-0.39, 0.29) is 29.3 Å². The fourth-order valence-electron chi connectivity index (χ4n) is 5.89. The number of allylic oxidation sites excluding steroid dienone is 1. The van der Waals surface area contributed by atoms with E-state index in [0.29, 0.717) is 32.2 Å². The number of sulfonamides is 1. The number of carboxylic acids is 1. The van der Waals surface area contributed by atoms with Crippen LogP contribution in [0.1, 0.15) is 79.1 Å². The molecule has 1 aromatic carbocycles. The van der Waals surface area contributed by atoms with Gasteiger partial charge >= 0.3 is 12.0 Å². The van der Waals surface area contributed by atoms with Crippen LogP contribution >= 0.6 is 0 Å². The molecular formula is C33H51N5O7S. The highest BCUT2D eigenvalue weighted by Gasteiger charge is 2.59. The van der Waals surface area contributed by atoms with Crippen LogP contribution in [0.4, 0.5) is 4.79 Å². The van der Waals surface area contributed by atoms with Crippen LogP contribution in [0.15, 0.2) is 47.4 Å². The second-order valence-electron chi connectivity index (χ2n) is 13.6. The summed E-state index contributed by atoms with van der Waals surface area (Å²) >= 11 is 0. The number of likely N-dealkylation sites (N-methyl/N-ethyl adjacent to an activating group) is 1. The summed E-state index contributed by atoms with van der Waals surface area (Å²) in [4.78, 5) is 51.2. The number of carbonyl (C=O) groups excluding carboxylic acids is 3. The zero-order valence-electron chi connectivity index (χ0n) is 27.7. The molecule has 13 heteroatoms. The molecule has 0 radical (unpaired) electrons. The van der Waals surface area contributed by atoms with E-state index in [1.807, 2.05) is 44.7 Å². The Kier molecular flexibility index (Phi) is 12.8. The molecule has 256 valence electrons. The van der Waals surface area contributed by atoms with E-state index in [1.54, 1.807) is 18.2 Å². The maximum atomic E-state index is 13.6. The van der Waals surface area contributed by atoms with Gasteiger partial charge in [-0.05, 0) is 63.0 Å². The minimum Gasteiger partial charge on any atom is -0.479 e. The van der Waals surface area contributed by atoms with E-state index in [2.05, 4.69) is 16.0 Å². The highest BCUT2D eigenvalue weighted by molar-refractivity contribution is 7.89. The smallest absolute Gasteiger partial charge is 0.330 e. The SMILES string of the molecule is CC1CCCN1C(=O)[C@H](CCCCC/C=C\C1C[C@]1(NC=O)C(=O)O)NC(=O)NC(CN(C)S(=O)(=O)c1ccccc1)C(C)(C)C. The first kappa shape index (κ1) is 37.0. The van der Waals surface area contributed by atoms with E-state index in [9.17, 15) is 32.7 Å². The monoisotopic (exact) mass is 661 g/mol. The van der Waals surface area contributed by atoms with Crippen molar-refractivity contribution in [3.8, 4) is 0 Å². The molecule has 4 amide bonds. The standard InChI is InChI=1S/C33H51N5O7S/c1-24-15-14-20-38(24)29(40)27(19-13-8-6-7-10-16-25-21-33(25,30(41)42)34-23-39)35-31(43)36-28(32(2,3)4)22-37(5)46(44,45)26-17-11-9-12-18-26/h9-12,16-18,23-25,27-28H,6-8,13-15,19-22H2,1-5H3,(H,34,39)(H,41,42)(H2,35,36,43)/b16-10-/t24?,25?,27-,28?,33+/m0/s1. The maximum Gasteiger partial charge on any atom is 0.330 e. The molecule has 4 N–H and O–H groups in total. The van der Waals surface area contributed by atoms with Gasteiger partial charge in [0.05, 0.1) is 4.90 Å². The van der Waals surface area contributed by atoms with Crippen molar-refractivity contribution >= 4 is 34.3 Å². The van der Waals surface area contributed by atoms with Gasteiger partial charge < -0.3 is 26.0 Å². The summed E-state index contributed by atoms with van der Waals surface area (Å²) in [7, 11) is -2.27. The fraction of sp³-hybridized carbons (Fsp3) is 0.636. The van der Waals surface area contributed by atoms with Gasteiger partial charge in [0.25, 0.3) is 0 Å². The Labute approximate surface area is 273 Å². The van der Waals surface area contributed by atoms with Crippen molar-refractivity contribution in [2.75, 3.05) is 20.1 Å². The molecule has 1 heterocycles. The molecule has 3 rings (SSSR count). The molecule has 3 unspecified atom stereocenters. The predicted molar refractivity (Wildman–Crippen MR) is 175 cm³/mol. The number of amides is 4. The van der Waals surface area contributed by atoms with Gasteiger partial charge in [-0.15, -0.1) is 0 Å². The molecule has 0 aromatic heterocycles. The normalized spacial score (nSPS) is 22.8. The largest absolute Gasteiger partial charge is 0.479 e. The number of hydrogen-bond donors (Lipinski definition) is 4. The topological polar surface area (TPSA) is 165 Å². The summed E-state index contributed by atoms with van der Waals surface area (Å²) in [5.74, 6) is -1.37. The Morgan fingerprint density at radius 2 is 1.83 bits per heavy atom. The number of urea groups is 1. The molecule has 46 heavy (non-hydrogen) atoms. The molecule has 1 aromatic rings. The van der Waals surface area contributed by atoms with Crippen molar-refractivity contribution in [1.29, 1.82) is 0 Å². The summed E-state index contributed by atoms with van der Waals surface area (Å²) in [5, 5.41) is 17.7. The summed E-state index contributed by atoms with van der Waals surface area (Å²) < 4.78 is 27.6. The van der Waals surface area contributed by atoms with E-state index in [0.717, 1.165) is 32.1 Å². The summed E-state index contributed by atoms with van der Waals surface area (Å²) in [6.45, 7) is 8.48. The highest BCUT2D eigenvalue weighted by Crippen LogP contribution is 2.44. The van der Waals surface area contributed by atoms with Crippen molar-refractivity contribution in [3.05, 3.63) is 42.5 Å². The maximum absolute atomic E-state index is 13.6. The number of unbranched alkanes of at least 4 members (excludes halogenated alkanes) is 3. The number of nitrogens with zero attached hydrogens (tertiary/aromatic N) is 2. The van der Waals surface area contributed by atoms with Crippen LogP contribution in [0.2, 0.25) is 0 Å². The van der Waals surface area contributed by atoms with Gasteiger partial charge in [0.15, 0.2) is 0 Å². The van der Waals surface area contributed by atoms with Crippen LogP contribution in [0.3, 0.4) is 0 Å². The lowest BCUT2D eigenvalue weighted by Gasteiger charge is -2.35. The molecule has 0 spiro atoms. The van der Waals surface area contributed by atoms with Gasteiger partial charge in [0.1, 0.15) is 11.6 Å². The second-order valence-corrected chi connectivity index (χ2v) is 15.7. The Bertz CT molecular complexity index is 1350. The van der Waals surface area contributed by atoms with Crippen LogP contribution in [-0.2, 0) is 24.4 Å². The van der Waals surface area contributed by atoms with E-state index in [1.165, 1.54) is 23.5 Å². The third-order valence-corrected chi connectivity index (χ3v) is 11.0. The Hall–Kier alpha value is -3.45. The van der Waals surface area contributed by atoms with Gasteiger partial charge in [-0.1, -0.05) is 64.0 Å². The van der Waals surface area contributed by atoms with Gasteiger partial charge in [-0.2, -0.15) is 4.31 Å². The number of hydrogen-bond acceptors (Lipinski definition) is 6. The number of carboxylic acid groups (broad SMARTS) is 1. The van der Waals surface area contributed by atoms with Crippen LogP contribution < -0.4 is 16.0 Å². The summed E-state index contributed by atoms with van der Waals surface area (Å²) in [6.07, 6.45) is 9.92. The zero-order chi connectivity index (χ0) is 34.1. The molecule has 2 aliphatic rings. The van der Waals surface area contributed by atoms with Gasteiger partial charge in [-0.3, -0.25) is 9.59 Å². The lowest BCUT2D eigenvalue weighted by atomic mass is 9.87. The van der Waals surface area contributed by atoms with Gasteiger partial charge in [0.2, 0.25) is 22.3 Å². The first-order chi connectivity index (χ1) is 21.6. The number of carbonyl (C=O) groups is 4. The van der Waals surface area contributed by atoms with Crippen LogP contribution in [-0.4, -0.2) is 90.8 Å². The second kappa shape index (κ2) is 15.9. The predicted octanol–water partition coefficient (Wildman–Crippen LogP) is 3.50. The fourth-order valence-corrected chi connectivity index (χ4v) is 7.09. The molecule has 1 aliphatic heterocycles. The third kappa shape index (κ3) is 9.54. The first-order valence-corrected chi connectivity index (χ1v) is 17.6. The Morgan fingerprint density at radius 3 is 2.41 bits per heavy atom. The average molecular weight is 662 g/mol. The number of aliphatic carboxylic acids is 1. The average Bonchev–Trinajstić information content (AvgIpc) is 3.54. The van der Waals surface area contributed by atoms with Gasteiger partial charge in [0, 0.05) is 38.1 Å². The van der Waals surface area contributed by atoms with E-state index >= 15 is 0 Å². The minimum absolute atomic E-state index is 0.0447. The third-order valence-electron chi connectivity index (χ3n) is 9.13. The van der Waals surface area contributed by atoms with Crippen molar-refractivity contribution in [2.45, 2.75) is 108 Å². The van der Waals surface area contributed by atoms with E-state index in [4.69, 9.17) is 0 Å². The van der Waals surface area contributed by atoms with Crippen LogP contribution in [0.5, 0.6) is 0 Å².